The van der Waals surface area contributed by atoms with Gasteiger partial charge < -0.3 is 5.32 Å². The quantitative estimate of drug-likeness (QED) is 0.784. The maximum Gasteiger partial charge on any atom is 0.401 e. The lowest BCUT2D eigenvalue weighted by atomic mass is 10.0. The number of nitrogens with one attached hydrogen (secondary N) is 1. The van der Waals surface area contributed by atoms with Gasteiger partial charge in [-0.2, -0.15) is 13.2 Å². The fourth-order valence-electron chi connectivity index (χ4n) is 2.41. The highest BCUT2D eigenvalue weighted by Gasteiger charge is 2.32. The van der Waals surface area contributed by atoms with Gasteiger partial charge >= 0.3 is 6.18 Å². The Morgan fingerprint density at radius 1 is 1.33 bits per heavy atom. The van der Waals surface area contributed by atoms with E-state index < -0.39 is 12.7 Å². The van der Waals surface area contributed by atoms with E-state index in [1.165, 1.54) is 4.90 Å². The minimum Gasteiger partial charge on any atom is -0.317 e. The summed E-state index contributed by atoms with van der Waals surface area (Å²) in [6, 6.07) is 0.390. The lowest BCUT2D eigenvalue weighted by Gasteiger charge is -2.25. The third kappa shape index (κ3) is 4.38. The van der Waals surface area contributed by atoms with Gasteiger partial charge in [-0.3, -0.25) is 4.90 Å². The zero-order valence-electron chi connectivity index (χ0n) is 9.27. The van der Waals surface area contributed by atoms with Gasteiger partial charge in [0.1, 0.15) is 0 Å². The van der Waals surface area contributed by atoms with Gasteiger partial charge in [-0.1, -0.05) is 6.42 Å². The first-order chi connectivity index (χ1) is 6.92. The molecule has 0 amide bonds. The summed E-state index contributed by atoms with van der Waals surface area (Å²) in [5.74, 6) is 0.363. The van der Waals surface area contributed by atoms with Crippen LogP contribution in [0.4, 0.5) is 13.2 Å². The predicted octanol–water partition coefficient (Wildman–Crippen LogP) is 1.87. The highest BCUT2D eigenvalue weighted by atomic mass is 19.4. The Morgan fingerprint density at radius 3 is 2.53 bits per heavy atom. The minimum atomic E-state index is -4.08. The number of halogens is 3. The Morgan fingerprint density at radius 2 is 2.00 bits per heavy atom. The zero-order valence-corrected chi connectivity index (χ0v) is 9.27. The van der Waals surface area contributed by atoms with Crippen LogP contribution in [0.15, 0.2) is 0 Å². The fourth-order valence-corrected chi connectivity index (χ4v) is 2.41. The Hall–Kier alpha value is -0.290. The van der Waals surface area contributed by atoms with E-state index in [9.17, 15) is 13.2 Å². The molecule has 1 aliphatic carbocycles. The second-order valence-electron chi connectivity index (χ2n) is 4.40. The maximum atomic E-state index is 12.1. The Balaban J connectivity index is 2.34. The molecule has 2 nitrogen and oxygen atoms in total. The molecular weight excluding hydrogens is 205 g/mol. The van der Waals surface area contributed by atoms with E-state index in [0.29, 0.717) is 18.5 Å². The van der Waals surface area contributed by atoms with Crippen LogP contribution in [0, 0.1) is 5.92 Å². The molecular formula is C10H19F3N2. The van der Waals surface area contributed by atoms with Crippen molar-refractivity contribution in [2.24, 2.45) is 5.92 Å². The van der Waals surface area contributed by atoms with Crippen LogP contribution in [0.5, 0.6) is 0 Å². The van der Waals surface area contributed by atoms with Crippen LogP contribution in [-0.4, -0.2) is 44.3 Å². The summed E-state index contributed by atoms with van der Waals surface area (Å²) in [7, 11) is 3.42. The van der Waals surface area contributed by atoms with Crippen LogP contribution in [0.2, 0.25) is 0 Å². The first-order valence-corrected chi connectivity index (χ1v) is 5.35. The molecule has 0 aliphatic heterocycles. The highest BCUT2D eigenvalue weighted by molar-refractivity contribution is 4.84. The molecule has 0 spiro atoms. The predicted molar refractivity (Wildman–Crippen MR) is 53.7 cm³/mol. The molecule has 1 aliphatic rings. The molecule has 0 aromatic rings. The van der Waals surface area contributed by atoms with Gasteiger partial charge in [0.15, 0.2) is 0 Å². The third-order valence-corrected chi connectivity index (χ3v) is 3.03. The van der Waals surface area contributed by atoms with Crippen molar-refractivity contribution in [3.63, 3.8) is 0 Å². The van der Waals surface area contributed by atoms with Gasteiger partial charge in [-0.25, -0.2) is 0 Å². The molecule has 0 bridgehead atoms. The Kier molecular flexibility index (Phi) is 4.40. The van der Waals surface area contributed by atoms with Crippen LogP contribution < -0.4 is 5.32 Å². The van der Waals surface area contributed by atoms with Crippen LogP contribution in [0.25, 0.3) is 0 Å². The van der Waals surface area contributed by atoms with Crippen LogP contribution in [0.1, 0.15) is 19.3 Å². The number of rotatable bonds is 4. The summed E-state index contributed by atoms with van der Waals surface area (Å²) in [4.78, 5) is 1.38. The van der Waals surface area contributed by atoms with Gasteiger partial charge in [0.05, 0.1) is 6.54 Å². The SMILES string of the molecule is CNC1CCCC1CN(C)CC(F)(F)F. The zero-order chi connectivity index (χ0) is 11.5. The molecule has 0 heterocycles. The van der Waals surface area contributed by atoms with E-state index in [-0.39, 0.29) is 0 Å². The van der Waals surface area contributed by atoms with E-state index in [1.54, 1.807) is 7.05 Å². The molecule has 1 fully saturated rings. The molecule has 2 unspecified atom stereocenters. The summed E-state index contributed by atoms with van der Waals surface area (Å²) in [6.45, 7) is -0.273. The summed E-state index contributed by atoms with van der Waals surface area (Å²) < 4.78 is 36.3. The van der Waals surface area contributed by atoms with E-state index in [2.05, 4.69) is 5.32 Å². The van der Waals surface area contributed by atoms with Gasteiger partial charge in [0.25, 0.3) is 0 Å². The van der Waals surface area contributed by atoms with Crippen LogP contribution >= 0.6 is 0 Å². The second kappa shape index (κ2) is 5.16. The molecule has 1 rings (SSSR count). The van der Waals surface area contributed by atoms with Crippen molar-refractivity contribution in [3.05, 3.63) is 0 Å². The van der Waals surface area contributed by atoms with Gasteiger partial charge in [0.2, 0.25) is 0 Å². The summed E-state index contributed by atoms with van der Waals surface area (Å²) in [5, 5.41) is 3.17. The number of alkyl halides is 3. The average molecular weight is 224 g/mol. The molecule has 90 valence electrons. The fraction of sp³-hybridized carbons (Fsp3) is 1.00. The number of hydrogen-bond donors (Lipinski definition) is 1. The molecule has 0 aromatic carbocycles. The molecule has 0 aromatic heterocycles. The van der Waals surface area contributed by atoms with E-state index in [1.807, 2.05) is 7.05 Å². The molecule has 5 heteroatoms. The van der Waals surface area contributed by atoms with E-state index in [0.717, 1.165) is 19.3 Å². The summed E-state index contributed by atoms with van der Waals surface area (Å²) in [5.41, 5.74) is 0. The average Bonchev–Trinajstić information content (AvgIpc) is 2.48. The van der Waals surface area contributed by atoms with E-state index in [4.69, 9.17) is 0 Å². The lowest BCUT2D eigenvalue weighted by Crippen LogP contribution is -2.39. The molecule has 15 heavy (non-hydrogen) atoms. The third-order valence-electron chi connectivity index (χ3n) is 3.03. The highest BCUT2D eigenvalue weighted by Crippen LogP contribution is 2.26. The molecule has 1 saturated carbocycles. The maximum absolute atomic E-state index is 12.1. The van der Waals surface area contributed by atoms with Crippen molar-refractivity contribution < 1.29 is 13.2 Å². The van der Waals surface area contributed by atoms with E-state index >= 15 is 0 Å². The van der Waals surface area contributed by atoms with Crippen molar-refractivity contribution in [3.8, 4) is 0 Å². The lowest BCUT2D eigenvalue weighted by molar-refractivity contribution is -0.144. The van der Waals surface area contributed by atoms with Crippen molar-refractivity contribution >= 4 is 0 Å². The largest absolute Gasteiger partial charge is 0.401 e. The van der Waals surface area contributed by atoms with Crippen molar-refractivity contribution in [2.75, 3.05) is 27.2 Å². The van der Waals surface area contributed by atoms with Gasteiger partial charge in [0, 0.05) is 12.6 Å². The first-order valence-electron chi connectivity index (χ1n) is 5.35. The Labute approximate surface area is 88.8 Å². The minimum absolute atomic E-state index is 0.363. The second-order valence-corrected chi connectivity index (χ2v) is 4.40. The molecule has 0 saturated heterocycles. The normalized spacial score (nSPS) is 27.6. The topological polar surface area (TPSA) is 15.3 Å². The molecule has 0 radical (unpaired) electrons. The first kappa shape index (κ1) is 12.8. The summed E-state index contributed by atoms with van der Waals surface area (Å²) >= 11 is 0. The summed E-state index contributed by atoms with van der Waals surface area (Å²) in [6.07, 6.45) is -0.840. The van der Waals surface area contributed by atoms with Gasteiger partial charge in [-0.05, 0) is 32.9 Å². The van der Waals surface area contributed by atoms with Crippen LogP contribution in [0.3, 0.4) is 0 Å². The van der Waals surface area contributed by atoms with Crippen molar-refractivity contribution in [1.29, 1.82) is 0 Å². The van der Waals surface area contributed by atoms with Crippen molar-refractivity contribution in [1.82, 2.24) is 10.2 Å². The van der Waals surface area contributed by atoms with Crippen molar-refractivity contribution in [2.45, 2.75) is 31.5 Å². The molecule has 2 atom stereocenters. The standard InChI is InChI=1S/C10H19F3N2/c1-14-9-5-3-4-8(9)6-15(2)7-10(11,12)13/h8-9,14H,3-7H2,1-2H3. The number of nitrogens with zero attached hydrogens (tertiary/aromatic N) is 1. The van der Waals surface area contributed by atoms with Gasteiger partial charge in [-0.15, -0.1) is 0 Å². The smallest absolute Gasteiger partial charge is 0.317 e. The Bertz CT molecular complexity index is 194. The molecule has 1 N–H and O–H groups in total. The number of hydrogen-bond acceptors (Lipinski definition) is 2. The monoisotopic (exact) mass is 224 g/mol. The van der Waals surface area contributed by atoms with Crippen LogP contribution in [-0.2, 0) is 0 Å².